The van der Waals surface area contributed by atoms with Crippen LogP contribution < -0.4 is 0 Å². The second-order valence-corrected chi connectivity index (χ2v) is 5.68. The number of carbonyl (C=O) groups is 2. The van der Waals surface area contributed by atoms with E-state index >= 15 is 0 Å². The standard InChI is InChI=1S/C16H14F3N3O3/c17-16(18,19)13-7-9-22(20-13)11-5-3-10(4-6-11)14(23)21-8-1-2-12(21)15(24)25/h3-7,9,12H,1-2,8H2,(H,24,25). The summed E-state index contributed by atoms with van der Waals surface area (Å²) in [5.41, 5.74) is -0.364. The Kier molecular flexibility index (Phi) is 4.23. The van der Waals surface area contributed by atoms with Crippen molar-refractivity contribution in [3.05, 3.63) is 47.8 Å². The van der Waals surface area contributed by atoms with Crippen molar-refractivity contribution in [2.75, 3.05) is 6.54 Å². The van der Waals surface area contributed by atoms with Crippen molar-refractivity contribution < 1.29 is 27.9 Å². The molecule has 25 heavy (non-hydrogen) atoms. The van der Waals surface area contributed by atoms with Gasteiger partial charge in [-0.2, -0.15) is 18.3 Å². The molecule has 1 aromatic carbocycles. The van der Waals surface area contributed by atoms with Crippen molar-refractivity contribution >= 4 is 11.9 Å². The minimum absolute atomic E-state index is 0.278. The molecular weight excluding hydrogens is 339 g/mol. The maximum Gasteiger partial charge on any atom is 0.435 e. The third kappa shape index (κ3) is 3.35. The summed E-state index contributed by atoms with van der Waals surface area (Å²) in [6, 6.07) is 5.85. The van der Waals surface area contributed by atoms with Crippen LogP contribution in [0.25, 0.3) is 5.69 Å². The molecule has 9 heteroatoms. The number of halogens is 3. The Morgan fingerprint density at radius 2 is 1.84 bits per heavy atom. The maximum absolute atomic E-state index is 12.6. The molecule has 1 atom stereocenters. The first-order valence-corrected chi connectivity index (χ1v) is 7.54. The first kappa shape index (κ1) is 17.0. The Bertz CT molecular complexity index is 799. The van der Waals surface area contributed by atoms with Crippen molar-refractivity contribution in [3.63, 3.8) is 0 Å². The smallest absolute Gasteiger partial charge is 0.435 e. The van der Waals surface area contributed by atoms with Crippen LogP contribution in [-0.2, 0) is 11.0 Å². The number of amides is 1. The summed E-state index contributed by atoms with van der Waals surface area (Å²) in [5, 5.41) is 12.6. The van der Waals surface area contributed by atoms with Crippen molar-refractivity contribution in [1.29, 1.82) is 0 Å². The summed E-state index contributed by atoms with van der Waals surface area (Å²) in [6.07, 6.45) is -2.32. The molecule has 1 unspecified atom stereocenters. The fourth-order valence-corrected chi connectivity index (χ4v) is 2.81. The highest BCUT2D eigenvalue weighted by Crippen LogP contribution is 2.28. The van der Waals surface area contributed by atoms with E-state index in [-0.39, 0.29) is 5.56 Å². The van der Waals surface area contributed by atoms with Crippen LogP contribution in [0.3, 0.4) is 0 Å². The van der Waals surface area contributed by atoms with Gasteiger partial charge in [-0.3, -0.25) is 4.79 Å². The van der Waals surface area contributed by atoms with Gasteiger partial charge in [-0.1, -0.05) is 0 Å². The van der Waals surface area contributed by atoms with Crippen LogP contribution >= 0.6 is 0 Å². The Balaban J connectivity index is 1.79. The topological polar surface area (TPSA) is 75.4 Å². The van der Waals surface area contributed by atoms with Crippen molar-refractivity contribution in [1.82, 2.24) is 14.7 Å². The highest BCUT2D eigenvalue weighted by atomic mass is 19.4. The molecule has 0 saturated carbocycles. The lowest BCUT2D eigenvalue weighted by molar-refractivity contribution is -0.142. The van der Waals surface area contributed by atoms with Crippen LogP contribution in [-0.4, -0.2) is 44.3 Å². The van der Waals surface area contributed by atoms with Crippen molar-refractivity contribution in [2.24, 2.45) is 0 Å². The third-order valence-electron chi connectivity index (χ3n) is 4.06. The first-order chi connectivity index (χ1) is 11.8. The van der Waals surface area contributed by atoms with Gasteiger partial charge in [0.05, 0.1) is 5.69 Å². The molecule has 1 N–H and O–H groups in total. The molecule has 2 aromatic rings. The molecule has 0 radical (unpaired) electrons. The zero-order chi connectivity index (χ0) is 18.2. The molecule has 0 spiro atoms. The van der Waals surface area contributed by atoms with Gasteiger partial charge in [0.25, 0.3) is 5.91 Å². The zero-order valence-electron chi connectivity index (χ0n) is 12.9. The van der Waals surface area contributed by atoms with Crippen LogP contribution in [0.15, 0.2) is 36.5 Å². The highest BCUT2D eigenvalue weighted by molar-refractivity contribution is 5.97. The average Bonchev–Trinajstić information content (AvgIpc) is 3.23. The van der Waals surface area contributed by atoms with Gasteiger partial charge in [0.1, 0.15) is 6.04 Å². The fraction of sp³-hybridized carbons (Fsp3) is 0.312. The van der Waals surface area contributed by atoms with E-state index in [1.165, 1.54) is 35.4 Å². The van der Waals surface area contributed by atoms with Gasteiger partial charge in [-0.15, -0.1) is 0 Å². The number of aliphatic carboxylic acids is 1. The summed E-state index contributed by atoms with van der Waals surface area (Å²) in [6.45, 7) is 0.367. The van der Waals surface area contributed by atoms with Crippen molar-refractivity contribution in [2.45, 2.75) is 25.1 Å². The molecule has 1 aliphatic rings. The summed E-state index contributed by atoms with van der Waals surface area (Å²) >= 11 is 0. The first-order valence-electron chi connectivity index (χ1n) is 7.54. The second-order valence-electron chi connectivity index (χ2n) is 5.68. The number of aromatic nitrogens is 2. The number of hydrogen-bond donors (Lipinski definition) is 1. The summed E-state index contributed by atoms with van der Waals surface area (Å²) < 4.78 is 38.8. The van der Waals surface area contributed by atoms with Crippen molar-refractivity contribution in [3.8, 4) is 5.69 Å². The number of benzene rings is 1. The fourth-order valence-electron chi connectivity index (χ4n) is 2.81. The molecule has 0 bridgehead atoms. The van der Waals surface area contributed by atoms with Gasteiger partial charge < -0.3 is 10.0 Å². The lowest BCUT2D eigenvalue weighted by atomic mass is 10.1. The molecule has 0 aliphatic carbocycles. The van der Waals surface area contributed by atoms with Gasteiger partial charge in [0, 0.05) is 18.3 Å². The van der Waals surface area contributed by atoms with Crippen LogP contribution in [0.2, 0.25) is 0 Å². The number of hydrogen-bond acceptors (Lipinski definition) is 3. The molecule has 3 rings (SSSR count). The monoisotopic (exact) mass is 353 g/mol. The summed E-state index contributed by atoms with van der Waals surface area (Å²) in [4.78, 5) is 24.9. The van der Waals surface area contributed by atoms with Gasteiger partial charge in [-0.05, 0) is 43.2 Å². The lowest BCUT2D eigenvalue weighted by Gasteiger charge is -2.21. The zero-order valence-corrected chi connectivity index (χ0v) is 12.9. The molecule has 6 nitrogen and oxygen atoms in total. The molecule has 1 amide bonds. The number of carboxylic acid groups (broad SMARTS) is 1. The number of carbonyl (C=O) groups excluding carboxylic acids is 1. The number of rotatable bonds is 3. The Morgan fingerprint density at radius 1 is 1.16 bits per heavy atom. The molecule has 1 aliphatic heterocycles. The highest BCUT2D eigenvalue weighted by Gasteiger charge is 2.35. The van der Waals surface area contributed by atoms with Crippen LogP contribution in [0.5, 0.6) is 0 Å². The van der Waals surface area contributed by atoms with E-state index in [1.807, 2.05) is 0 Å². The van der Waals surface area contributed by atoms with E-state index in [4.69, 9.17) is 5.11 Å². The molecule has 2 heterocycles. The Morgan fingerprint density at radius 3 is 2.40 bits per heavy atom. The van der Waals surface area contributed by atoms with E-state index in [2.05, 4.69) is 5.10 Å². The SMILES string of the molecule is O=C(O)C1CCCN1C(=O)c1ccc(-n2ccc(C(F)(F)F)n2)cc1. The van der Waals surface area contributed by atoms with Gasteiger partial charge in [0.2, 0.25) is 0 Å². The van der Waals surface area contributed by atoms with Gasteiger partial charge in [-0.25, -0.2) is 9.48 Å². The lowest BCUT2D eigenvalue weighted by Crippen LogP contribution is -2.40. The predicted molar refractivity (Wildman–Crippen MR) is 80.3 cm³/mol. The van der Waals surface area contributed by atoms with E-state index in [9.17, 15) is 22.8 Å². The van der Waals surface area contributed by atoms with E-state index < -0.39 is 29.8 Å². The summed E-state index contributed by atoms with van der Waals surface area (Å²) in [5.74, 6) is -1.45. The molecule has 1 saturated heterocycles. The van der Waals surface area contributed by atoms with Crippen LogP contribution in [0, 0.1) is 0 Å². The average molecular weight is 353 g/mol. The number of likely N-dealkylation sites (tertiary alicyclic amines) is 1. The van der Waals surface area contributed by atoms with E-state index in [1.54, 1.807) is 0 Å². The van der Waals surface area contributed by atoms with Gasteiger partial charge in [0.15, 0.2) is 5.69 Å². The molecule has 132 valence electrons. The number of nitrogens with zero attached hydrogens (tertiary/aromatic N) is 3. The molecule has 1 fully saturated rings. The molecular formula is C16H14F3N3O3. The van der Waals surface area contributed by atoms with E-state index in [0.29, 0.717) is 25.1 Å². The normalized spacial score (nSPS) is 17.7. The Labute approximate surface area is 140 Å². The summed E-state index contributed by atoms with van der Waals surface area (Å²) in [7, 11) is 0. The predicted octanol–water partition coefficient (Wildman–Crippen LogP) is 2.58. The maximum atomic E-state index is 12.6. The minimum Gasteiger partial charge on any atom is -0.480 e. The second kappa shape index (κ2) is 6.23. The van der Waals surface area contributed by atoms with E-state index in [0.717, 1.165) is 10.7 Å². The largest absolute Gasteiger partial charge is 0.480 e. The Hall–Kier alpha value is -2.84. The van der Waals surface area contributed by atoms with Crippen LogP contribution in [0.4, 0.5) is 13.2 Å². The van der Waals surface area contributed by atoms with Crippen LogP contribution in [0.1, 0.15) is 28.9 Å². The number of alkyl halides is 3. The minimum atomic E-state index is -4.53. The van der Waals surface area contributed by atoms with Gasteiger partial charge >= 0.3 is 12.1 Å². The quantitative estimate of drug-likeness (QED) is 0.920. The number of carboxylic acids is 1. The third-order valence-corrected chi connectivity index (χ3v) is 4.06. The molecule has 1 aromatic heterocycles.